The summed E-state index contributed by atoms with van der Waals surface area (Å²) in [5, 5.41) is 14.7. The standard InChI is InChI=1S/C20H22ClN3O3/c1-14-18(7-4-8-19(14)24(26)27)22-20(25)15-9-11-23(12-10-15)13-16-5-2-3-6-17(16)21/h2-8,15H,9-13H2,1H3,(H,22,25). The van der Waals surface area contributed by atoms with Crippen LogP contribution in [0.25, 0.3) is 0 Å². The summed E-state index contributed by atoms with van der Waals surface area (Å²) in [4.78, 5) is 25.5. The summed E-state index contributed by atoms with van der Waals surface area (Å²) in [6, 6.07) is 12.5. The van der Waals surface area contributed by atoms with Crippen molar-refractivity contribution in [3.05, 3.63) is 68.7 Å². The van der Waals surface area contributed by atoms with Crippen LogP contribution in [0.2, 0.25) is 5.02 Å². The van der Waals surface area contributed by atoms with E-state index in [1.807, 2.05) is 24.3 Å². The Bertz CT molecular complexity index is 848. The molecule has 0 radical (unpaired) electrons. The number of nitro groups is 1. The molecule has 7 heteroatoms. The molecule has 1 heterocycles. The van der Waals surface area contributed by atoms with E-state index < -0.39 is 4.92 Å². The number of hydrogen-bond donors (Lipinski definition) is 1. The second-order valence-corrected chi connectivity index (χ2v) is 7.25. The molecule has 27 heavy (non-hydrogen) atoms. The maximum Gasteiger partial charge on any atom is 0.274 e. The van der Waals surface area contributed by atoms with Crippen LogP contribution >= 0.6 is 11.6 Å². The van der Waals surface area contributed by atoms with Gasteiger partial charge in [-0.05, 0) is 50.6 Å². The third-order valence-electron chi connectivity index (χ3n) is 5.07. The molecule has 0 saturated carbocycles. The van der Waals surface area contributed by atoms with Gasteiger partial charge in [-0.1, -0.05) is 35.9 Å². The van der Waals surface area contributed by atoms with E-state index in [2.05, 4.69) is 10.2 Å². The number of rotatable bonds is 5. The predicted molar refractivity (Wildman–Crippen MR) is 106 cm³/mol. The molecule has 1 saturated heterocycles. The Morgan fingerprint density at radius 3 is 2.59 bits per heavy atom. The fourth-order valence-corrected chi connectivity index (χ4v) is 3.61. The average molecular weight is 388 g/mol. The molecule has 0 atom stereocenters. The maximum absolute atomic E-state index is 12.6. The summed E-state index contributed by atoms with van der Waals surface area (Å²) < 4.78 is 0. The quantitative estimate of drug-likeness (QED) is 0.609. The van der Waals surface area contributed by atoms with E-state index >= 15 is 0 Å². The topological polar surface area (TPSA) is 75.5 Å². The molecule has 1 amide bonds. The van der Waals surface area contributed by atoms with E-state index in [1.165, 1.54) is 6.07 Å². The van der Waals surface area contributed by atoms with Gasteiger partial charge in [-0.3, -0.25) is 19.8 Å². The van der Waals surface area contributed by atoms with E-state index in [0.29, 0.717) is 11.3 Å². The summed E-state index contributed by atoms with van der Waals surface area (Å²) >= 11 is 6.22. The van der Waals surface area contributed by atoms with Gasteiger partial charge in [0, 0.05) is 23.6 Å². The van der Waals surface area contributed by atoms with Crippen molar-refractivity contribution in [2.75, 3.05) is 18.4 Å². The lowest BCUT2D eigenvalue weighted by atomic mass is 9.95. The number of carbonyl (C=O) groups is 1. The predicted octanol–water partition coefficient (Wildman–Crippen LogP) is 4.41. The number of nitrogens with one attached hydrogen (secondary N) is 1. The number of carbonyl (C=O) groups excluding carboxylic acids is 1. The van der Waals surface area contributed by atoms with Crippen LogP contribution in [0.15, 0.2) is 42.5 Å². The lowest BCUT2D eigenvalue weighted by molar-refractivity contribution is -0.385. The summed E-state index contributed by atoms with van der Waals surface area (Å²) in [6.45, 7) is 4.06. The summed E-state index contributed by atoms with van der Waals surface area (Å²) in [5.41, 5.74) is 2.09. The molecule has 1 N–H and O–H groups in total. The second-order valence-electron chi connectivity index (χ2n) is 6.84. The fraction of sp³-hybridized carbons (Fsp3) is 0.350. The lowest BCUT2D eigenvalue weighted by Gasteiger charge is -2.31. The number of nitrogens with zero attached hydrogens (tertiary/aromatic N) is 2. The zero-order chi connectivity index (χ0) is 19.4. The largest absolute Gasteiger partial charge is 0.325 e. The number of anilines is 1. The van der Waals surface area contributed by atoms with Crippen LogP contribution in [0.3, 0.4) is 0 Å². The zero-order valence-corrected chi connectivity index (χ0v) is 15.9. The van der Waals surface area contributed by atoms with Gasteiger partial charge in [0.05, 0.1) is 16.2 Å². The third kappa shape index (κ3) is 4.64. The molecule has 0 spiro atoms. The molecular weight excluding hydrogens is 366 g/mol. The SMILES string of the molecule is Cc1c(NC(=O)C2CCN(Cc3ccccc3Cl)CC2)cccc1[N+](=O)[O-]. The van der Waals surface area contributed by atoms with Crippen molar-refractivity contribution >= 4 is 28.9 Å². The molecule has 2 aromatic rings. The molecule has 0 aromatic heterocycles. The Balaban J connectivity index is 1.57. The van der Waals surface area contributed by atoms with Crippen LogP contribution in [0.5, 0.6) is 0 Å². The highest BCUT2D eigenvalue weighted by Gasteiger charge is 2.26. The minimum absolute atomic E-state index is 0.0161. The average Bonchev–Trinajstić information content (AvgIpc) is 2.65. The van der Waals surface area contributed by atoms with Gasteiger partial charge in [0.25, 0.3) is 5.69 Å². The number of piperidine rings is 1. The van der Waals surface area contributed by atoms with Gasteiger partial charge in [0.2, 0.25) is 5.91 Å². The van der Waals surface area contributed by atoms with E-state index in [9.17, 15) is 14.9 Å². The van der Waals surface area contributed by atoms with Gasteiger partial charge in [-0.2, -0.15) is 0 Å². The highest BCUT2D eigenvalue weighted by Crippen LogP contribution is 2.27. The third-order valence-corrected chi connectivity index (χ3v) is 5.44. The van der Waals surface area contributed by atoms with E-state index in [-0.39, 0.29) is 17.5 Å². The Kier molecular flexibility index (Phi) is 6.08. The van der Waals surface area contributed by atoms with Crippen LogP contribution in [-0.4, -0.2) is 28.8 Å². The molecule has 0 unspecified atom stereocenters. The molecule has 0 aliphatic carbocycles. The first-order chi connectivity index (χ1) is 13.0. The van der Waals surface area contributed by atoms with Gasteiger partial charge in [-0.15, -0.1) is 0 Å². The first kappa shape index (κ1) is 19.3. The number of benzene rings is 2. The molecule has 142 valence electrons. The van der Waals surface area contributed by atoms with Gasteiger partial charge in [0.15, 0.2) is 0 Å². The van der Waals surface area contributed by atoms with Crippen LogP contribution in [0.4, 0.5) is 11.4 Å². The smallest absolute Gasteiger partial charge is 0.274 e. The van der Waals surface area contributed by atoms with Crippen LogP contribution in [-0.2, 0) is 11.3 Å². The van der Waals surface area contributed by atoms with Crippen LogP contribution in [0.1, 0.15) is 24.0 Å². The fourth-order valence-electron chi connectivity index (χ4n) is 3.41. The lowest BCUT2D eigenvalue weighted by Crippen LogP contribution is -2.37. The van der Waals surface area contributed by atoms with Gasteiger partial charge >= 0.3 is 0 Å². The Morgan fingerprint density at radius 2 is 1.93 bits per heavy atom. The van der Waals surface area contributed by atoms with Crippen molar-refractivity contribution in [2.24, 2.45) is 5.92 Å². The molecule has 1 fully saturated rings. The molecule has 0 bridgehead atoms. The molecule has 1 aliphatic rings. The second kappa shape index (κ2) is 8.50. The highest BCUT2D eigenvalue weighted by atomic mass is 35.5. The normalized spacial score (nSPS) is 15.5. The van der Waals surface area contributed by atoms with Crippen molar-refractivity contribution < 1.29 is 9.72 Å². The van der Waals surface area contributed by atoms with Crippen molar-refractivity contribution in [2.45, 2.75) is 26.3 Å². The zero-order valence-electron chi connectivity index (χ0n) is 15.2. The Morgan fingerprint density at radius 1 is 1.22 bits per heavy atom. The first-order valence-electron chi connectivity index (χ1n) is 8.96. The van der Waals surface area contributed by atoms with Crippen molar-refractivity contribution in [3.63, 3.8) is 0 Å². The minimum Gasteiger partial charge on any atom is -0.325 e. The number of nitro benzene ring substituents is 1. The minimum atomic E-state index is -0.432. The van der Waals surface area contributed by atoms with Crippen molar-refractivity contribution in [1.29, 1.82) is 0 Å². The van der Waals surface area contributed by atoms with Crippen LogP contribution < -0.4 is 5.32 Å². The Labute approximate surface area is 163 Å². The Hall–Kier alpha value is -2.44. The molecule has 1 aliphatic heterocycles. The molecule has 3 rings (SSSR count). The summed E-state index contributed by atoms with van der Waals surface area (Å²) in [7, 11) is 0. The van der Waals surface area contributed by atoms with Crippen molar-refractivity contribution in [1.82, 2.24) is 4.90 Å². The molecular formula is C20H22ClN3O3. The number of amides is 1. The van der Waals surface area contributed by atoms with E-state index in [4.69, 9.17) is 11.6 Å². The maximum atomic E-state index is 12.6. The van der Waals surface area contributed by atoms with E-state index in [1.54, 1.807) is 19.1 Å². The first-order valence-corrected chi connectivity index (χ1v) is 9.34. The van der Waals surface area contributed by atoms with Gasteiger partial charge < -0.3 is 5.32 Å². The number of likely N-dealkylation sites (tertiary alicyclic amines) is 1. The van der Waals surface area contributed by atoms with E-state index in [0.717, 1.165) is 43.1 Å². The van der Waals surface area contributed by atoms with Crippen molar-refractivity contribution in [3.8, 4) is 0 Å². The van der Waals surface area contributed by atoms with Gasteiger partial charge in [0.1, 0.15) is 0 Å². The number of halogens is 1. The number of hydrogen-bond acceptors (Lipinski definition) is 4. The highest BCUT2D eigenvalue weighted by molar-refractivity contribution is 6.31. The summed E-state index contributed by atoms with van der Waals surface area (Å²) in [5.74, 6) is -0.165. The monoisotopic (exact) mass is 387 g/mol. The van der Waals surface area contributed by atoms with Gasteiger partial charge in [-0.25, -0.2) is 0 Å². The molecule has 2 aromatic carbocycles. The van der Waals surface area contributed by atoms with Crippen LogP contribution in [0, 0.1) is 23.0 Å². The molecule has 6 nitrogen and oxygen atoms in total. The summed E-state index contributed by atoms with van der Waals surface area (Å²) in [6.07, 6.45) is 1.51.